The molecule has 0 spiro atoms. The minimum Gasteiger partial charge on any atom is -0.497 e. The van der Waals surface area contributed by atoms with Gasteiger partial charge in [-0.3, -0.25) is 9.69 Å². The maximum Gasteiger partial charge on any atom is 0.273 e. The zero-order valence-electron chi connectivity index (χ0n) is 14.6. The van der Waals surface area contributed by atoms with Crippen LogP contribution in [0.3, 0.4) is 0 Å². The van der Waals surface area contributed by atoms with E-state index in [4.69, 9.17) is 10.5 Å². The molecule has 3 rings (SSSR count). The van der Waals surface area contributed by atoms with Gasteiger partial charge in [-0.1, -0.05) is 12.1 Å². The van der Waals surface area contributed by atoms with Crippen molar-refractivity contribution in [3.63, 3.8) is 0 Å². The Morgan fingerprint density at radius 3 is 2.76 bits per heavy atom. The highest BCUT2D eigenvalue weighted by Gasteiger charge is 2.26. The van der Waals surface area contributed by atoms with Gasteiger partial charge in [-0.15, -0.1) is 11.3 Å². The molecular weight excluding hydrogens is 336 g/mol. The average Bonchev–Trinajstić information content (AvgIpc) is 3.16. The van der Waals surface area contributed by atoms with Crippen molar-refractivity contribution in [2.24, 2.45) is 5.73 Å². The van der Waals surface area contributed by atoms with Crippen LogP contribution in [0.5, 0.6) is 5.75 Å². The minimum atomic E-state index is 0.00429. The third kappa shape index (κ3) is 4.00. The topological polar surface area (TPSA) is 71.7 Å². The number of nitrogens with zero attached hydrogens (tertiary/aromatic N) is 3. The highest BCUT2D eigenvalue weighted by Crippen LogP contribution is 2.25. The molecule has 7 heteroatoms. The third-order valence-electron chi connectivity index (χ3n) is 4.67. The zero-order valence-corrected chi connectivity index (χ0v) is 15.5. The van der Waals surface area contributed by atoms with E-state index < -0.39 is 0 Å². The highest BCUT2D eigenvalue weighted by atomic mass is 32.1. The SMILES string of the molecule is COc1cccc(C(C)N2CCN(C(=O)c3csc(CN)n3)CC2)c1. The van der Waals surface area contributed by atoms with E-state index in [-0.39, 0.29) is 11.9 Å². The van der Waals surface area contributed by atoms with Crippen LogP contribution in [0, 0.1) is 0 Å². The molecule has 1 aromatic carbocycles. The molecule has 2 heterocycles. The lowest BCUT2D eigenvalue weighted by molar-refractivity contribution is 0.0577. The molecule has 1 fully saturated rings. The molecular formula is C18H24N4O2S. The van der Waals surface area contributed by atoms with Gasteiger partial charge < -0.3 is 15.4 Å². The first-order chi connectivity index (χ1) is 12.1. The summed E-state index contributed by atoms with van der Waals surface area (Å²) in [4.78, 5) is 21.1. The summed E-state index contributed by atoms with van der Waals surface area (Å²) < 4.78 is 5.31. The molecule has 0 radical (unpaired) electrons. The molecule has 0 bridgehead atoms. The molecule has 1 amide bonds. The summed E-state index contributed by atoms with van der Waals surface area (Å²) >= 11 is 1.44. The third-order valence-corrected chi connectivity index (χ3v) is 5.54. The van der Waals surface area contributed by atoms with E-state index in [1.165, 1.54) is 16.9 Å². The number of ether oxygens (including phenoxy) is 1. The molecule has 2 N–H and O–H groups in total. The number of piperazine rings is 1. The van der Waals surface area contributed by atoms with Crippen LogP contribution in [-0.4, -0.2) is 54.0 Å². The first-order valence-electron chi connectivity index (χ1n) is 8.44. The second kappa shape index (κ2) is 7.95. The smallest absolute Gasteiger partial charge is 0.273 e. The lowest BCUT2D eigenvalue weighted by atomic mass is 10.1. The van der Waals surface area contributed by atoms with Crippen LogP contribution in [0.1, 0.15) is 34.0 Å². The van der Waals surface area contributed by atoms with Gasteiger partial charge in [-0.2, -0.15) is 0 Å². The van der Waals surface area contributed by atoms with Gasteiger partial charge in [0.2, 0.25) is 0 Å². The molecule has 0 aliphatic carbocycles. The highest BCUT2D eigenvalue weighted by molar-refractivity contribution is 7.09. The van der Waals surface area contributed by atoms with Crippen molar-refractivity contribution in [1.82, 2.24) is 14.8 Å². The van der Waals surface area contributed by atoms with Crippen molar-refractivity contribution in [3.8, 4) is 5.75 Å². The summed E-state index contributed by atoms with van der Waals surface area (Å²) in [6, 6.07) is 8.45. The Morgan fingerprint density at radius 2 is 2.12 bits per heavy atom. The second-order valence-corrected chi connectivity index (χ2v) is 7.05. The number of rotatable bonds is 5. The van der Waals surface area contributed by atoms with Crippen molar-refractivity contribution in [3.05, 3.63) is 45.9 Å². The Bertz CT molecular complexity index is 725. The van der Waals surface area contributed by atoms with Crippen LogP contribution in [0.2, 0.25) is 0 Å². The van der Waals surface area contributed by atoms with Gasteiger partial charge in [0, 0.05) is 44.1 Å². The van der Waals surface area contributed by atoms with Crippen LogP contribution in [0.25, 0.3) is 0 Å². The van der Waals surface area contributed by atoms with Gasteiger partial charge >= 0.3 is 0 Å². The maximum absolute atomic E-state index is 12.6. The van der Waals surface area contributed by atoms with E-state index in [0.717, 1.165) is 23.8 Å². The number of methoxy groups -OCH3 is 1. The Morgan fingerprint density at radius 1 is 1.36 bits per heavy atom. The van der Waals surface area contributed by atoms with Crippen molar-refractivity contribution in [1.29, 1.82) is 0 Å². The van der Waals surface area contributed by atoms with E-state index in [1.54, 1.807) is 12.5 Å². The molecule has 6 nitrogen and oxygen atoms in total. The molecule has 1 aliphatic rings. The maximum atomic E-state index is 12.6. The molecule has 1 saturated heterocycles. The number of nitrogens with two attached hydrogens (primary N) is 1. The molecule has 0 saturated carbocycles. The Labute approximate surface area is 152 Å². The van der Waals surface area contributed by atoms with Crippen molar-refractivity contribution in [2.45, 2.75) is 19.5 Å². The van der Waals surface area contributed by atoms with E-state index in [1.807, 2.05) is 17.0 Å². The van der Waals surface area contributed by atoms with E-state index in [9.17, 15) is 4.79 Å². The first-order valence-corrected chi connectivity index (χ1v) is 9.32. The summed E-state index contributed by atoms with van der Waals surface area (Å²) in [5, 5.41) is 2.60. The Balaban J connectivity index is 1.60. The van der Waals surface area contributed by atoms with Crippen LogP contribution < -0.4 is 10.5 Å². The van der Waals surface area contributed by atoms with Gasteiger partial charge in [-0.05, 0) is 24.6 Å². The molecule has 1 unspecified atom stereocenters. The Kier molecular flexibility index (Phi) is 5.67. The fourth-order valence-electron chi connectivity index (χ4n) is 3.09. The molecule has 134 valence electrons. The molecule has 1 aliphatic heterocycles. The molecule has 2 aromatic rings. The number of carbonyl (C=O) groups excluding carboxylic acids is 1. The fraction of sp³-hybridized carbons (Fsp3) is 0.444. The summed E-state index contributed by atoms with van der Waals surface area (Å²) in [7, 11) is 1.68. The van der Waals surface area contributed by atoms with Gasteiger partial charge in [0.15, 0.2) is 0 Å². The minimum absolute atomic E-state index is 0.00429. The zero-order chi connectivity index (χ0) is 17.8. The van der Waals surface area contributed by atoms with E-state index in [2.05, 4.69) is 28.9 Å². The molecule has 25 heavy (non-hydrogen) atoms. The first kappa shape index (κ1) is 17.8. The summed E-state index contributed by atoms with van der Waals surface area (Å²) in [6.07, 6.45) is 0. The lowest BCUT2D eigenvalue weighted by Gasteiger charge is -2.38. The fourth-order valence-corrected chi connectivity index (χ4v) is 3.74. The van der Waals surface area contributed by atoms with Crippen LogP contribution >= 0.6 is 11.3 Å². The summed E-state index contributed by atoms with van der Waals surface area (Å²) in [5.41, 5.74) is 7.32. The van der Waals surface area contributed by atoms with Gasteiger partial charge in [0.05, 0.1) is 7.11 Å². The summed E-state index contributed by atoms with van der Waals surface area (Å²) in [5.74, 6) is 0.877. The number of hydrogen-bond donors (Lipinski definition) is 1. The second-order valence-electron chi connectivity index (χ2n) is 6.11. The lowest BCUT2D eigenvalue weighted by Crippen LogP contribution is -2.49. The van der Waals surface area contributed by atoms with Gasteiger partial charge in [-0.25, -0.2) is 4.98 Å². The number of carbonyl (C=O) groups is 1. The monoisotopic (exact) mass is 360 g/mol. The number of hydrogen-bond acceptors (Lipinski definition) is 6. The molecule has 1 atom stereocenters. The van der Waals surface area contributed by atoms with E-state index in [0.29, 0.717) is 25.3 Å². The van der Waals surface area contributed by atoms with Gasteiger partial charge in [0.1, 0.15) is 16.5 Å². The Hall–Kier alpha value is -1.96. The van der Waals surface area contributed by atoms with Crippen molar-refractivity contribution in [2.75, 3.05) is 33.3 Å². The van der Waals surface area contributed by atoms with Crippen molar-refractivity contribution >= 4 is 17.2 Å². The quantitative estimate of drug-likeness (QED) is 0.884. The average molecular weight is 360 g/mol. The number of amides is 1. The van der Waals surface area contributed by atoms with Gasteiger partial charge in [0.25, 0.3) is 5.91 Å². The molecule has 1 aromatic heterocycles. The van der Waals surface area contributed by atoms with Crippen LogP contribution in [0.15, 0.2) is 29.6 Å². The van der Waals surface area contributed by atoms with E-state index >= 15 is 0 Å². The number of aromatic nitrogens is 1. The van der Waals surface area contributed by atoms with Crippen LogP contribution in [0.4, 0.5) is 0 Å². The normalized spacial score (nSPS) is 16.7. The number of thiazole rings is 1. The predicted octanol–water partition coefficient (Wildman–Crippen LogP) is 2.13. The summed E-state index contributed by atoms with van der Waals surface area (Å²) in [6.45, 7) is 5.69. The standard InChI is InChI=1S/C18H24N4O2S/c1-13(14-4-3-5-15(10-14)24-2)21-6-8-22(9-7-21)18(23)16-12-25-17(11-19)20-16/h3-5,10,12-13H,6-9,11,19H2,1-2H3. The number of benzene rings is 1. The largest absolute Gasteiger partial charge is 0.497 e. The van der Waals surface area contributed by atoms with Crippen molar-refractivity contribution < 1.29 is 9.53 Å². The predicted molar refractivity (Wildman–Crippen MR) is 98.9 cm³/mol. The van der Waals surface area contributed by atoms with Crippen LogP contribution in [-0.2, 0) is 6.54 Å².